The first-order chi connectivity index (χ1) is 12.6. The number of rotatable bonds is 6. The second kappa shape index (κ2) is 8.40. The normalized spacial score (nSPS) is 14.4. The Morgan fingerprint density at radius 2 is 2.12 bits per heavy atom. The minimum absolute atomic E-state index is 0.0773. The molecule has 7 heteroatoms. The van der Waals surface area contributed by atoms with Crippen molar-refractivity contribution in [1.29, 1.82) is 0 Å². The lowest BCUT2D eigenvalue weighted by Gasteiger charge is -2.16. The summed E-state index contributed by atoms with van der Waals surface area (Å²) in [5.41, 5.74) is 2.23. The van der Waals surface area contributed by atoms with Crippen molar-refractivity contribution in [2.45, 2.75) is 49.9 Å². The Morgan fingerprint density at radius 1 is 1.35 bits per heavy atom. The van der Waals surface area contributed by atoms with Gasteiger partial charge in [-0.1, -0.05) is 23.9 Å². The largest absolute Gasteiger partial charge is 0.492 e. The maximum absolute atomic E-state index is 12.5. The first-order valence-electron chi connectivity index (χ1n) is 8.90. The summed E-state index contributed by atoms with van der Waals surface area (Å²) in [6.07, 6.45) is 3.70. The molecule has 1 aromatic carbocycles. The van der Waals surface area contributed by atoms with Gasteiger partial charge in [-0.15, -0.1) is 0 Å². The van der Waals surface area contributed by atoms with Crippen LogP contribution in [0.4, 0.5) is 5.69 Å². The van der Waals surface area contributed by atoms with Crippen LogP contribution >= 0.6 is 11.8 Å². The van der Waals surface area contributed by atoms with E-state index in [2.05, 4.69) is 15.3 Å². The number of fused-ring (bicyclic) bond motifs is 1. The van der Waals surface area contributed by atoms with Crippen LogP contribution in [0.25, 0.3) is 0 Å². The van der Waals surface area contributed by atoms with Gasteiger partial charge in [-0.25, -0.2) is 4.98 Å². The molecule has 0 saturated heterocycles. The minimum atomic E-state index is -0.408. The molecule has 6 nitrogen and oxygen atoms in total. The van der Waals surface area contributed by atoms with Crippen LogP contribution < -0.4 is 15.6 Å². The number of nitrogens with one attached hydrogen (secondary N) is 2. The van der Waals surface area contributed by atoms with E-state index in [0.717, 1.165) is 36.9 Å². The average Bonchev–Trinajstić information content (AvgIpc) is 2.63. The topological polar surface area (TPSA) is 84.1 Å². The fraction of sp³-hybridized carbons (Fsp3) is 0.421. The molecule has 0 spiro atoms. The highest BCUT2D eigenvalue weighted by Gasteiger charge is 2.20. The standard InChI is InChI=1S/C19H23N3O3S/c1-3-25-16-11-7-6-10-15(16)20-17(23)12(2)26-19-21-14-9-5-4-8-13(14)18(24)22-19/h6-7,10-12H,3-5,8-9H2,1-2H3,(H,20,23)(H,21,22,24)/t12-/m1/s1. The second-order valence-corrected chi connectivity index (χ2v) is 7.51. The number of aromatic nitrogens is 2. The van der Waals surface area contributed by atoms with Gasteiger partial charge in [0.2, 0.25) is 5.91 Å². The van der Waals surface area contributed by atoms with Crippen molar-refractivity contribution in [3.05, 3.63) is 45.9 Å². The van der Waals surface area contributed by atoms with Gasteiger partial charge in [-0.05, 0) is 51.7 Å². The first-order valence-corrected chi connectivity index (χ1v) is 9.78. The smallest absolute Gasteiger partial charge is 0.254 e. The molecule has 0 unspecified atom stereocenters. The van der Waals surface area contributed by atoms with E-state index < -0.39 is 5.25 Å². The molecular weight excluding hydrogens is 350 g/mol. The highest BCUT2D eigenvalue weighted by atomic mass is 32.2. The number of hydrogen-bond acceptors (Lipinski definition) is 5. The van der Waals surface area contributed by atoms with Crippen molar-refractivity contribution in [1.82, 2.24) is 9.97 Å². The van der Waals surface area contributed by atoms with Gasteiger partial charge in [-0.3, -0.25) is 9.59 Å². The van der Waals surface area contributed by atoms with E-state index in [-0.39, 0.29) is 11.5 Å². The van der Waals surface area contributed by atoms with E-state index in [9.17, 15) is 9.59 Å². The highest BCUT2D eigenvalue weighted by molar-refractivity contribution is 8.00. The van der Waals surface area contributed by atoms with Gasteiger partial charge in [0, 0.05) is 5.56 Å². The third-order valence-corrected chi connectivity index (χ3v) is 5.26. The van der Waals surface area contributed by atoms with Crippen LogP contribution in [0.5, 0.6) is 5.75 Å². The van der Waals surface area contributed by atoms with E-state index in [4.69, 9.17) is 4.74 Å². The lowest BCUT2D eigenvalue weighted by atomic mass is 9.97. The molecule has 1 amide bonds. The molecule has 1 aliphatic rings. The monoisotopic (exact) mass is 373 g/mol. The lowest BCUT2D eigenvalue weighted by Crippen LogP contribution is -2.25. The predicted molar refractivity (Wildman–Crippen MR) is 103 cm³/mol. The van der Waals surface area contributed by atoms with E-state index in [1.54, 1.807) is 13.0 Å². The second-order valence-electron chi connectivity index (χ2n) is 6.18. The van der Waals surface area contributed by atoms with Crippen LogP contribution in [0.1, 0.15) is 37.9 Å². The predicted octanol–water partition coefficient (Wildman–Crippen LogP) is 3.17. The fourth-order valence-electron chi connectivity index (χ4n) is 2.94. The molecule has 0 radical (unpaired) electrons. The zero-order chi connectivity index (χ0) is 18.5. The minimum Gasteiger partial charge on any atom is -0.492 e. The van der Waals surface area contributed by atoms with E-state index in [1.807, 2.05) is 25.1 Å². The van der Waals surface area contributed by atoms with Crippen molar-refractivity contribution >= 4 is 23.4 Å². The molecule has 26 heavy (non-hydrogen) atoms. The summed E-state index contributed by atoms with van der Waals surface area (Å²) in [6, 6.07) is 7.33. The fourth-order valence-corrected chi connectivity index (χ4v) is 3.76. The Labute approximate surface area is 156 Å². The summed E-state index contributed by atoms with van der Waals surface area (Å²) < 4.78 is 5.53. The zero-order valence-electron chi connectivity index (χ0n) is 15.0. The van der Waals surface area contributed by atoms with E-state index in [1.165, 1.54) is 11.8 Å². The summed E-state index contributed by atoms with van der Waals surface area (Å²) in [5.74, 6) is 0.475. The quantitative estimate of drug-likeness (QED) is 0.600. The molecule has 0 aliphatic heterocycles. The number of aromatic amines is 1. The summed E-state index contributed by atoms with van der Waals surface area (Å²) in [5, 5.41) is 2.98. The van der Waals surface area contributed by atoms with Gasteiger partial charge in [-0.2, -0.15) is 0 Å². The molecular formula is C19H23N3O3S. The molecule has 2 aromatic rings. The summed E-state index contributed by atoms with van der Waals surface area (Å²) in [4.78, 5) is 32.1. The van der Waals surface area contributed by atoms with Gasteiger partial charge in [0.15, 0.2) is 5.16 Å². The molecule has 2 N–H and O–H groups in total. The van der Waals surface area contributed by atoms with Crippen molar-refractivity contribution in [3.63, 3.8) is 0 Å². The zero-order valence-corrected chi connectivity index (χ0v) is 15.8. The molecule has 1 aliphatic carbocycles. The Morgan fingerprint density at radius 3 is 2.92 bits per heavy atom. The molecule has 1 aromatic heterocycles. The maximum Gasteiger partial charge on any atom is 0.254 e. The van der Waals surface area contributed by atoms with Gasteiger partial charge in [0.25, 0.3) is 5.56 Å². The molecule has 3 rings (SSSR count). The van der Waals surface area contributed by atoms with E-state index in [0.29, 0.717) is 23.2 Å². The van der Waals surface area contributed by atoms with Crippen molar-refractivity contribution in [3.8, 4) is 5.75 Å². The third kappa shape index (κ3) is 4.27. The van der Waals surface area contributed by atoms with Crippen molar-refractivity contribution < 1.29 is 9.53 Å². The summed E-state index contributed by atoms with van der Waals surface area (Å²) in [7, 11) is 0. The molecule has 1 atom stereocenters. The highest BCUT2D eigenvalue weighted by Crippen LogP contribution is 2.26. The van der Waals surface area contributed by atoms with Crippen LogP contribution in [0, 0.1) is 0 Å². The Balaban J connectivity index is 1.70. The van der Waals surface area contributed by atoms with Crippen LogP contribution in [-0.4, -0.2) is 27.7 Å². The number of amides is 1. The first kappa shape index (κ1) is 18.5. The van der Waals surface area contributed by atoms with Gasteiger partial charge < -0.3 is 15.0 Å². The number of ether oxygens (including phenoxy) is 1. The van der Waals surface area contributed by atoms with Gasteiger partial charge in [0.05, 0.1) is 23.2 Å². The van der Waals surface area contributed by atoms with Crippen LogP contribution in [0.2, 0.25) is 0 Å². The Hall–Kier alpha value is -2.28. The SMILES string of the molecule is CCOc1ccccc1NC(=O)[C@@H](C)Sc1nc2c(c(=O)[nH]1)CCCC2. The Kier molecular flexibility index (Phi) is 5.98. The molecule has 1 heterocycles. The van der Waals surface area contributed by atoms with E-state index >= 15 is 0 Å². The van der Waals surface area contributed by atoms with Gasteiger partial charge >= 0.3 is 0 Å². The Bertz CT molecular complexity index is 850. The number of aryl methyl sites for hydroxylation is 1. The third-order valence-electron chi connectivity index (χ3n) is 4.27. The van der Waals surface area contributed by atoms with Crippen molar-refractivity contribution in [2.24, 2.45) is 0 Å². The number of para-hydroxylation sites is 2. The number of hydrogen-bond donors (Lipinski definition) is 2. The lowest BCUT2D eigenvalue weighted by molar-refractivity contribution is -0.115. The van der Waals surface area contributed by atoms with Crippen molar-refractivity contribution in [2.75, 3.05) is 11.9 Å². The van der Waals surface area contributed by atoms with Gasteiger partial charge in [0.1, 0.15) is 5.75 Å². The number of thioether (sulfide) groups is 1. The summed E-state index contributed by atoms with van der Waals surface area (Å²) >= 11 is 1.26. The number of carbonyl (C=O) groups is 1. The van der Waals surface area contributed by atoms with Crippen LogP contribution in [0.15, 0.2) is 34.2 Å². The molecule has 0 fully saturated rings. The number of carbonyl (C=O) groups excluding carboxylic acids is 1. The average molecular weight is 373 g/mol. The number of anilines is 1. The number of H-pyrrole nitrogens is 1. The number of nitrogens with zero attached hydrogens (tertiary/aromatic N) is 1. The molecule has 138 valence electrons. The molecule has 0 saturated carbocycles. The van der Waals surface area contributed by atoms with Crippen LogP contribution in [0.3, 0.4) is 0 Å². The van der Waals surface area contributed by atoms with Crippen LogP contribution in [-0.2, 0) is 17.6 Å². The molecule has 0 bridgehead atoms. The number of benzene rings is 1. The maximum atomic E-state index is 12.5. The summed E-state index contributed by atoms with van der Waals surface area (Å²) in [6.45, 7) is 4.22.